The van der Waals surface area contributed by atoms with Crippen LogP contribution in [0.5, 0.6) is 5.75 Å². The summed E-state index contributed by atoms with van der Waals surface area (Å²) < 4.78 is 57.0. The van der Waals surface area contributed by atoms with Crippen molar-refractivity contribution in [2.24, 2.45) is 0 Å². The Bertz CT molecular complexity index is 430. The van der Waals surface area contributed by atoms with Gasteiger partial charge in [-0.15, -0.1) is 0 Å². The van der Waals surface area contributed by atoms with Gasteiger partial charge in [0.2, 0.25) is 0 Å². The highest BCUT2D eigenvalue weighted by Gasteiger charge is 2.27. The number of carboxylic acid groups (broad SMARTS) is 1. The lowest BCUT2D eigenvalue weighted by Crippen LogP contribution is -2.19. The average Bonchev–Trinajstić information content (AvgIpc) is 2.22. The Morgan fingerprint density at radius 2 is 2.00 bits per heavy atom. The number of carbonyl (C=O) groups is 1. The second kappa shape index (κ2) is 5.67. The normalized spacial score (nSPS) is 11.3. The highest BCUT2D eigenvalue weighted by molar-refractivity contribution is 5.91. The van der Waals surface area contributed by atoms with Crippen molar-refractivity contribution < 1.29 is 36.9 Å². The quantitative estimate of drug-likeness (QED) is 0.506. The van der Waals surface area contributed by atoms with Crippen molar-refractivity contribution in [3.63, 3.8) is 0 Å². The van der Waals surface area contributed by atoms with E-state index in [1.807, 2.05) is 0 Å². The van der Waals surface area contributed by atoms with Crippen molar-refractivity contribution in [3.05, 3.63) is 29.6 Å². The molecule has 0 atom stereocenters. The van der Waals surface area contributed by atoms with Crippen LogP contribution in [-0.4, -0.2) is 30.7 Å². The van der Waals surface area contributed by atoms with E-state index in [0.717, 1.165) is 12.1 Å². The zero-order valence-corrected chi connectivity index (χ0v) is 8.83. The summed E-state index contributed by atoms with van der Waals surface area (Å²) in [5.41, 5.74) is -0.756. The largest absolute Gasteiger partial charge is 0.477 e. The first kappa shape index (κ1) is 14.2. The molecule has 0 aliphatic rings. The van der Waals surface area contributed by atoms with E-state index in [1.165, 1.54) is 6.07 Å². The van der Waals surface area contributed by atoms with Gasteiger partial charge in [0, 0.05) is 0 Å². The van der Waals surface area contributed by atoms with Crippen molar-refractivity contribution >= 4 is 5.97 Å². The number of hydrogen-bond donors (Lipinski definition) is 1. The van der Waals surface area contributed by atoms with Gasteiger partial charge in [0.1, 0.15) is 23.7 Å². The zero-order valence-electron chi connectivity index (χ0n) is 8.83. The summed E-state index contributed by atoms with van der Waals surface area (Å²) in [4.78, 5) is 10.7. The van der Waals surface area contributed by atoms with E-state index in [4.69, 9.17) is 5.11 Å². The molecule has 0 unspecified atom stereocenters. The SMILES string of the molecule is O=C(O)c1c(F)cccc1OCOCC(F)(F)F. The number of aromatic carboxylic acids is 1. The first-order chi connectivity index (χ1) is 8.31. The van der Waals surface area contributed by atoms with Gasteiger partial charge in [-0.2, -0.15) is 13.2 Å². The van der Waals surface area contributed by atoms with Crippen LogP contribution in [0.3, 0.4) is 0 Å². The summed E-state index contributed by atoms with van der Waals surface area (Å²) in [5, 5.41) is 8.69. The number of halogens is 4. The molecule has 0 fully saturated rings. The van der Waals surface area contributed by atoms with Crippen LogP contribution >= 0.6 is 0 Å². The molecule has 100 valence electrons. The second-order valence-electron chi connectivity index (χ2n) is 3.14. The third kappa shape index (κ3) is 4.21. The number of alkyl halides is 3. The van der Waals surface area contributed by atoms with E-state index in [0.29, 0.717) is 0 Å². The van der Waals surface area contributed by atoms with Crippen molar-refractivity contribution in [1.82, 2.24) is 0 Å². The summed E-state index contributed by atoms with van der Waals surface area (Å²) in [6, 6.07) is 3.18. The van der Waals surface area contributed by atoms with Crippen LogP contribution in [0, 0.1) is 5.82 Å². The minimum atomic E-state index is -4.51. The molecular weight excluding hydrogens is 260 g/mol. The van der Waals surface area contributed by atoms with Gasteiger partial charge < -0.3 is 14.6 Å². The molecule has 0 radical (unpaired) electrons. The van der Waals surface area contributed by atoms with Gasteiger partial charge in [0.25, 0.3) is 0 Å². The van der Waals surface area contributed by atoms with Crippen LogP contribution in [0.1, 0.15) is 10.4 Å². The molecule has 0 amide bonds. The molecule has 0 aliphatic carbocycles. The molecule has 8 heteroatoms. The predicted octanol–water partition coefficient (Wildman–Crippen LogP) is 2.44. The Morgan fingerprint density at radius 3 is 2.56 bits per heavy atom. The summed E-state index contributed by atoms with van der Waals surface area (Å²) >= 11 is 0. The van der Waals surface area contributed by atoms with E-state index < -0.39 is 42.7 Å². The Labute approximate surface area is 98.7 Å². The minimum absolute atomic E-state index is 0.398. The third-order valence-corrected chi connectivity index (χ3v) is 1.75. The molecule has 1 rings (SSSR count). The molecule has 1 aromatic rings. The first-order valence-corrected chi connectivity index (χ1v) is 4.60. The third-order valence-electron chi connectivity index (χ3n) is 1.75. The summed E-state index contributed by atoms with van der Waals surface area (Å²) in [6.45, 7) is -2.37. The maximum absolute atomic E-state index is 13.1. The Kier molecular flexibility index (Phi) is 4.49. The number of benzene rings is 1. The van der Waals surface area contributed by atoms with Gasteiger partial charge in [-0.05, 0) is 12.1 Å². The lowest BCUT2D eigenvalue weighted by molar-refractivity contribution is -0.186. The molecular formula is C10H8F4O4. The van der Waals surface area contributed by atoms with Crippen molar-refractivity contribution in [3.8, 4) is 5.75 Å². The molecule has 0 saturated carbocycles. The summed E-state index contributed by atoms with van der Waals surface area (Å²) in [7, 11) is 0. The average molecular weight is 268 g/mol. The molecule has 0 heterocycles. The summed E-state index contributed by atoms with van der Waals surface area (Å²) in [5.74, 6) is -3.03. The predicted molar refractivity (Wildman–Crippen MR) is 50.9 cm³/mol. The van der Waals surface area contributed by atoms with Gasteiger partial charge in [0.15, 0.2) is 6.79 Å². The number of ether oxygens (including phenoxy) is 2. The van der Waals surface area contributed by atoms with E-state index in [2.05, 4.69) is 9.47 Å². The molecule has 1 aromatic carbocycles. The molecule has 0 aliphatic heterocycles. The van der Waals surface area contributed by atoms with Gasteiger partial charge >= 0.3 is 12.1 Å². The van der Waals surface area contributed by atoms with E-state index in [-0.39, 0.29) is 0 Å². The minimum Gasteiger partial charge on any atom is -0.477 e. The second-order valence-corrected chi connectivity index (χ2v) is 3.14. The van der Waals surface area contributed by atoms with Gasteiger partial charge in [0.05, 0.1) is 0 Å². The van der Waals surface area contributed by atoms with Gasteiger partial charge in [-0.3, -0.25) is 0 Å². The van der Waals surface area contributed by atoms with Crippen LogP contribution < -0.4 is 4.74 Å². The van der Waals surface area contributed by atoms with Crippen LogP contribution in [-0.2, 0) is 4.74 Å². The number of hydrogen-bond acceptors (Lipinski definition) is 3. The van der Waals surface area contributed by atoms with Crippen molar-refractivity contribution in [2.75, 3.05) is 13.4 Å². The van der Waals surface area contributed by atoms with Gasteiger partial charge in [-0.1, -0.05) is 6.07 Å². The topological polar surface area (TPSA) is 55.8 Å². The monoisotopic (exact) mass is 268 g/mol. The van der Waals surface area contributed by atoms with E-state index >= 15 is 0 Å². The van der Waals surface area contributed by atoms with Crippen LogP contribution in [0.2, 0.25) is 0 Å². The lowest BCUT2D eigenvalue weighted by atomic mass is 10.2. The molecule has 0 aromatic heterocycles. The molecule has 18 heavy (non-hydrogen) atoms. The molecule has 0 spiro atoms. The maximum atomic E-state index is 13.1. The fourth-order valence-electron chi connectivity index (χ4n) is 1.09. The number of carboxylic acids is 1. The summed E-state index contributed by atoms with van der Waals surface area (Å²) in [6.07, 6.45) is -4.51. The number of rotatable bonds is 5. The van der Waals surface area contributed by atoms with Crippen LogP contribution in [0.4, 0.5) is 17.6 Å². The van der Waals surface area contributed by atoms with Crippen LogP contribution in [0.25, 0.3) is 0 Å². The van der Waals surface area contributed by atoms with Crippen molar-refractivity contribution in [1.29, 1.82) is 0 Å². The Hall–Kier alpha value is -1.83. The fraction of sp³-hybridized carbons (Fsp3) is 0.300. The highest BCUT2D eigenvalue weighted by Crippen LogP contribution is 2.21. The smallest absolute Gasteiger partial charge is 0.411 e. The van der Waals surface area contributed by atoms with Crippen LogP contribution in [0.15, 0.2) is 18.2 Å². The standard InChI is InChI=1S/C10H8F4O4/c11-6-2-1-3-7(8(6)9(15)16)18-5-17-4-10(12,13)14/h1-3H,4-5H2,(H,15,16). The molecule has 0 bridgehead atoms. The Morgan fingerprint density at radius 1 is 1.33 bits per heavy atom. The van der Waals surface area contributed by atoms with Gasteiger partial charge in [-0.25, -0.2) is 9.18 Å². The van der Waals surface area contributed by atoms with E-state index in [9.17, 15) is 22.4 Å². The maximum Gasteiger partial charge on any atom is 0.411 e. The lowest BCUT2D eigenvalue weighted by Gasteiger charge is -2.11. The fourth-order valence-corrected chi connectivity index (χ4v) is 1.09. The zero-order chi connectivity index (χ0) is 13.8. The highest BCUT2D eigenvalue weighted by atomic mass is 19.4. The molecule has 4 nitrogen and oxygen atoms in total. The van der Waals surface area contributed by atoms with Crippen molar-refractivity contribution in [2.45, 2.75) is 6.18 Å². The Balaban J connectivity index is 2.63. The molecule has 1 N–H and O–H groups in total. The first-order valence-electron chi connectivity index (χ1n) is 4.60. The van der Waals surface area contributed by atoms with E-state index in [1.54, 1.807) is 0 Å². The molecule has 0 saturated heterocycles.